The van der Waals surface area contributed by atoms with Gasteiger partial charge in [-0.2, -0.15) is 0 Å². The Labute approximate surface area is 453 Å². The molecule has 0 aliphatic rings. The zero-order valence-corrected chi connectivity index (χ0v) is 44.0. The zero-order chi connectivity index (χ0) is 52.8. The molecular weight excluding hydrogens is 925 g/mol. The van der Waals surface area contributed by atoms with Crippen LogP contribution in [0.4, 0.5) is 34.1 Å². The van der Waals surface area contributed by atoms with Crippen LogP contribution in [0.5, 0.6) is 11.5 Å². The summed E-state index contributed by atoms with van der Waals surface area (Å²) < 4.78 is 12.9. The van der Waals surface area contributed by atoms with Crippen LogP contribution in [0.15, 0.2) is 170 Å². The molecule has 0 radical (unpaired) electrons. The van der Waals surface area contributed by atoms with Crippen molar-refractivity contribution in [3.05, 3.63) is 203 Å². The van der Waals surface area contributed by atoms with Gasteiger partial charge >= 0.3 is 0 Å². The maximum Gasteiger partial charge on any atom is 0.148 e. The first-order valence-electron chi connectivity index (χ1n) is 26.3. The monoisotopic (exact) mass is 988 g/mol. The third-order valence-electron chi connectivity index (χ3n) is 12.4. The van der Waals surface area contributed by atoms with Gasteiger partial charge in [-0.25, -0.2) is 0 Å². The van der Waals surface area contributed by atoms with Gasteiger partial charge < -0.3 is 19.3 Å². The van der Waals surface area contributed by atoms with Crippen molar-refractivity contribution in [2.24, 2.45) is 0 Å². The summed E-state index contributed by atoms with van der Waals surface area (Å²) >= 11 is 0. The van der Waals surface area contributed by atoms with Crippen molar-refractivity contribution in [3.8, 4) is 83.2 Å². The highest BCUT2D eigenvalue weighted by Gasteiger charge is 2.15. The van der Waals surface area contributed by atoms with Crippen LogP contribution in [0, 0.1) is 85.6 Å². The van der Waals surface area contributed by atoms with Crippen molar-refractivity contribution >= 4 is 58.4 Å². The number of ether oxygens (including phenoxy) is 2. The molecule has 0 atom stereocenters. The number of benzene rings is 7. The first-order chi connectivity index (χ1) is 37.5. The van der Waals surface area contributed by atoms with E-state index in [-0.39, 0.29) is 0 Å². The molecule has 0 amide bonds. The number of unbranched alkanes of at least 4 members (excludes halogenated alkanes) is 9. The lowest BCUT2D eigenvalue weighted by atomic mass is 10.0. The Bertz CT molecular complexity index is 3410. The molecule has 0 saturated carbocycles. The predicted molar refractivity (Wildman–Crippen MR) is 322 cm³/mol. The summed E-state index contributed by atoms with van der Waals surface area (Å²) in [5.41, 5.74) is 12.6. The molecule has 0 N–H and O–H groups in total. The third kappa shape index (κ3) is 17.4. The summed E-state index contributed by atoms with van der Waals surface area (Å²) in [5, 5.41) is 0. The van der Waals surface area contributed by atoms with Gasteiger partial charge in [0.1, 0.15) is 17.6 Å². The van der Waals surface area contributed by atoms with Crippen molar-refractivity contribution in [1.82, 2.24) is 0 Å². The lowest BCUT2D eigenvalue weighted by molar-refractivity contribution is 0.303. The topological polar surface area (TPSA) is 24.9 Å². The summed E-state index contributed by atoms with van der Waals surface area (Å²) in [7, 11) is 0. The normalized spacial score (nSPS) is 10.2. The fraction of sp³-hybridized carbons (Fsp3) is 0.194. The standard InChI is InChI=1S/C72H64N2O2/c1-5-7-9-11-13-15-17-19-21-29-53-75-71-57-64(48-42-62-45-51-68(52-46-62)74(66-37-27-24-28-38-66)70-40-32-34-60(4)56-70)72(76-54-30-22-20-18-16-14-12-10-8-6-2)58-63(71)47-41-61-43-49-67(50-44-61)73(65-35-25-23-26-36-65)69-39-31-33-59(3)55-69/h1,23-28,31-52,55-58H,6,8,10,12,14,16,18,20,22,30,54H2,2-4H3/b47-41+,48-42+. The second kappa shape index (κ2) is 30.6. The summed E-state index contributed by atoms with van der Waals surface area (Å²) in [5.74, 6) is 27.2. The van der Waals surface area contributed by atoms with E-state index < -0.39 is 0 Å². The zero-order valence-electron chi connectivity index (χ0n) is 44.0. The largest absolute Gasteiger partial charge is 0.493 e. The number of aryl methyl sites for hydroxylation is 2. The summed E-state index contributed by atoms with van der Waals surface area (Å²) in [6.45, 7) is 7.11. The molecule has 7 aromatic carbocycles. The van der Waals surface area contributed by atoms with Crippen molar-refractivity contribution < 1.29 is 9.47 Å². The van der Waals surface area contributed by atoms with Gasteiger partial charge in [0.2, 0.25) is 0 Å². The molecule has 4 nitrogen and oxygen atoms in total. The van der Waals surface area contributed by atoms with Crippen molar-refractivity contribution in [1.29, 1.82) is 0 Å². The molecule has 0 unspecified atom stereocenters. The molecule has 0 bridgehead atoms. The van der Waals surface area contributed by atoms with Gasteiger partial charge in [-0.15, -0.1) is 6.42 Å². The molecule has 0 aromatic heterocycles. The number of hydrogen-bond donors (Lipinski definition) is 0. The Morgan fingerprint density at radius 2 is 0.803 bits per heavy atom. The maximum absolute atomic E-state index is 6.69. The van der Waals surface area contributed by atoms with E-state index in [1.807, 2.05) is 30.3 Å². The highest BCUT2D eigenvalue weighted by molar-refractivity contribution is 5.82. The number of anilines is 6. The van der Waals surface area contributed by atoms with E-state index in [2.05, 4.69) is 260 Å². The van der Waals surface area contributed by atoms with E-state index in [0.717, 1.165) is 75.0 Å². The molecule has 0 spiro atoms. The smallest absolute Gasteiger partial charge is 0.148 e. The Morgan fingerprint density at radius 1 is 0.395 bits per heavy atom. The van der Waals surface area contributed by atoms with Gasteiger partial charge in [-0.1, -0.05) is 174 Å². The Kier molecular flexibility index (Phi) is 21.9. The highest BCUT2D eigenvalue weighted by Crippen LogP contribution is 2.38. The molecule has 0 heterocycles. The predicted octanol–water partition coefficient (Wildman–Crippen LogP) is 17.9. The van der Waals surface area contributed by atoms with Gasteiger partial charge in [0.05, 0.1) is 6.61 Å². The maximum atomic E-state index is 6.69. The molecule has 0 fully saturated rings. The van der Waals surface area contributed by atoms with Crippen molar-refractivity contribution in [2.45, 2.75) is 85.0 Å². The molecule has 76 heavy (non-hydrogen) atoms. The minimum Gasteiger partial charge on any atom is -0.493 e. The van der Waals surface area contributed by atoms with Crippen LogP contribution in [-0.2, 0) is 0 Å². The van der Waals surface area contributed by atoms with E-state index in [1.54, 1.807) is 0 Å². The number of nitrogens with zero attached hydrogens (tertiary/aromatic N) is 2. The molecule has 7 aromatic rings. The number of terminal acetylenes is 1. The molecular formula is C72H64N2O2. The minimum atomic E-state index is 0.554. The van der Waals surface area contributed by atoms with Gasteiger partial charge in [-0.05, 0) is 157 Å². The van der Waals surface area contributed by atoms with Gasteiger partial charge in [0.25, 0.3) is 0 Å². The SMILES string of the molecule is C#CC#CC#CC#CC#CC#COc1cc(/C=C/c2ccc(N(c3ccccc3)c3cccc(C)c3)cc2)c(OCCCCCCCCCCCC)cc1/C=C/c1ccc(N(c2ccccc2)c2cccc(C)c2)cc1. The first kappa shape index (κ1) is 54.4. The fourth-order valence-electron chi connectivity index (χ4n) is 8.62. The van der Waals surface area contributed by atoms with Crippen molar-refractivity contribution in [2.75, 3.05) is 16.4 Å². The molecule has 7 rings (SSSR count). The van der Waals surface area contributed by atoms with Crippen molar-refractivity contribution in [3.63, 3.8) is 0 Å². The highest BCUT2D eigenvalue weighted by atomic mass is 16.5. The van der Waals surface area contributed by atoms with Crippen LogP contribution in [-0.4, -0.2) is 6.61 Å². The lowest BCUT2D eigenvalue weighted by Crippen LogP contribution is -2.09. The number of para-hydroxylation sites is 2. The van der Waals surface area contributed by atoms with Gasteiger partial charge in [0, 0.05) is 74.9 Å². The first-order valence-corrected chi connectivity index (χ1v) is 26.3. The van der Waals surface area contributed by atoms with E-state index in [1.165, 1.54) is 62.5 Å². The number of hydrogen-bond acceptors (Lipinski definition) is 4. The van der Waals surface area contributed by atoms with E-state index >= 15 is 0 Å². The molecule has 0 aliphatic carbocycles. The van der Waals surface area contributed by atoms with Crippen LogP contribution in [0.3, 0.4) is 0 Å². The average molecular weight is 989 g/mol. The molecule has 0 aliphatic heterocycles. The van der Waals surface area contributed by atoms with E-state index in [9.17, 15) is 0 Å². The summed E-state index contributed by atoms with van der Waals surface area (Å²) in [4.78, 5) is 4.55. The van der Waals surface area contributed by atoms with E-state index in [0.29, 0.717) is 12.4 Å². The fourth-order valence-corrected chi connectivity index (χ4v) is 8.62. The Balaban J connectivity index is 1.19. The van der Waals surface area contributed by atoms with Crippen LogP contribution in [0.2, 0.25) is 0 Å². The van der Waals surface area contributed by atoms with Gasteiger partial charge in [0.15, 0.2) is 0 Å². The van der Waals surface area contributed by atoms with E-state index in [4.69, 9.17) is 15.9 Å². The molecule has 374 valence electrons. The number of rotatable bonds is 23. The van der Waals surface area contributed by atoms with Crippen LogP contribution < -0.4 is 19.3 Å². The lowest BCUT2D eigenvalue weighted by Gasteiger charge is -2.25. The summed E-state index contributed by atoms with van der Waals surface area (Å²) in [6.07, 6.45) is 28.8. The minimum absolute atomic E-state index is 0.554. The Morgan fingerprint density at radius 3 is 1.28 bits per heavy atom. The second-order valence-corrected chi connectivity index (χ2v) is 18.3. The van der Waals surface area contributed by atoms with Crippen LogP contribution >= 0.6 is 0 Å². The van der Waals surface area contributed by atoms with Crippen LogP contribution in [0.25, 0.3) is 24.3 Å². The quantitative estimate of drug-likeness (QED) is 0.0362. The summed E-state index contributed by atoms with van der Waals surface area (Å²) in [6, 6.07) is 59.3. The average Bonchev–Trinajstić information content (AvgIpc) is 3.44. The third-order valence-corrected chi connectivity index (χ3v) is 12.4. The Hall–Kier alpha value is -9.42. The van der Waals surface area contributed by atoms with Gasteiger partial charge in [-0.3, -0.25) is 0 Å². The molecule has 4 heteroatoms. The second-order valence-electron chi connectivity index (χ2n) is 18.3. The van der Waals surface area contributed by atoms with Crippen LogP contribution in [0.1, 0.15) is 105 Å². The molecule has 0 saturated heterocycles.